The zero-order valence-electron chi connectivity index (χ0n) is 15.0. The number of anilines is 1. The molecule has 26 heavy (non-hydrogen) atoms. The average Bonchev–Trinajstić information content (AvgIpc) is 3.27. The minimum Gasteiger partial charge on any atom is -0.361 e. The number of fused-ring (bicyclic) bond motifs is 1. The third-order valence-electron chi connectivity index (χ3n) is 4.86. The maximum Gasteiger partial charge on any atom is 0.262 e. The fourth-order valence-electron chi connectivity index (χ4n) is 3.47. The molecule has 0 saturated heterocycles. The lowest BCUT2D eigenvalue weighted by Crippen LogP contribution is -2.14. The highest BCUT2D eigenvalue weighted by molar-refractivity contribution is 7.14. The minimum absolute atomic E-state index is 0.216. The molecule has 1 amide bonds. The van der Waals surface area contributed by atoms with E-state index in [0.717, 1.165) is 17.7 Å². The van der Waals surface area contributed by atoms with E-state index in [1.807, 2.05) is 12.3 Å². The van der Waals surface area contributed by atoms with Gasteiger partial charge in [-0.2, -0.15) is 0 Å². The van der Waals surface area contributed by atoms with Crippen LogP contribution in [0, 0.1) is 6.92 Å². The Morgan fingerprint density at radius 2 is 2.08 bits per heavy atom. The first-order valence-corrected chi connectivity index (χ1v) is 9.88. The highest BCUT2D eigenvalue weighted by Crippen LogP contribution is 2.30. The predicted octanol–water partition coefficient (Wildman–Crippen LogP) is 4.80. The lowest BCUT2D eigenvalue weighted by molar-refractivity contribution is 0.102. The molecule has 134 valence electrons. The quantitative estimate of drug-likeness (QED) is 0.719. The molecule has 0 saturated carbocycles. The largest absolute Gasteiger partial charge is 0.361 e. The summed E-state index contributed by atoms with van der Waals surface area (Å²) < 4.78 is 5.14. The predicted molar refractivity (Wildman–Crippen MR) is 103 cm³/mol. The molecule has 0 unspecified atom stereocenters. The summed E-state index contributed by atoms with van der Waals surface area (Å²) in [4.78, 5) is 17.2. The van der Waals surface area contributed by atoms with Gasteiger partial charge < -0.3 is 4.52 Å². The summed E-state index contributed by atoms with van der Waals surface area (Å²) in [5, 5.41) is 9.39. The third-order valence-corrected chi connectivity index (χ3v) is 5.62. The van der Waals surface area contributed by atoms with Crippen molar-refractivity contribution in [3.8, 4) is 11.3 Å². The number of amides is 1. The number of carbonyl (C=O) groups excluding carboxylic acids is 1. The number of hydrogen-bond donors (Lipinski definition) is 1. The second-order valence-corrected chi connectivity index (χ2v) is 7.45. The Morgan fingerprint density at radius 1 is 1.27 bits per heavy atom. The number of nitrogens with zero attached hydrogens (tertiary/aromatic N) is 2. The van der Waals surface area contributed by atoms with Crippen molar-refractivity contribution < 1.29 is 9.32 Å². The third kappa shape index (κ3) is 3.17. The zero-order chi connectivity index (χ0) is 18.1. The van der Waals surface area contributed by atoms with Gasteiger partial charge in [0, 0.05) is 10.9 Å². The fraction of sp³-hybridized carbons (Fsp3) is 0.350. The van der Waals surface area contributed by atoms with E-state index in [0.29, 0.717) is 28.6 Å². The van der Waals surface area contributed by atoms with Crippen LogP contribution in [-0.2, 0) is 19.3 Å². The van der Waals surface area contributed by atoms with Gasteiger partial charge in [0.1, 0.15) is 11.3 Å². The average molecular weight is 367 g/mol. The summed E-state index contributed by atoms with van der Waals surface area (Å²) in [6, 6.07) is 6.59. The van der Waals surface area contributed by atoms with E-state index in [9.17, 15) is 4.79 Å². The Morgan fingerprint density at radius 3 is 2.88 bits per heavy atom. The number of hydrogen-bond acceptors (Lipinski definition) is 5. The first kappa shape index (κ1) is 17.0. The van der Waals surface area contributed by atoms with E-state index >= 15 is 0 Å². The topological polar surface area (TPSA) is 68.0 Å². The Kier molecular flexibility index (Phi) is 4.59. The monoisotopic (exact) mass is 367 g/mol. The van der Waals surface area contributed by atoms with E-state index in [1.54, 1.807) is 6.92 Å². The molecule has 0 atom stereocenters. The number of thiazole rings is 1. The number of aryl methyl sites for hydroxylation is 4. The van der Waals surface area contributed by atoms with Crippen LogP contribution in [-0.4, -0.2) is 16.0 Å². The molecule has 0 fully saturated rings. The fourth-order valence-corrected chi connectivity index (χ4v) is 4.18. The van der Waals surface area contributed by atoms with Crippen LogP contribution in [0.2, 0.25) is 0 Å². The molecule has 0 bridgehead atoms. The van der Waals surface area contributed by atoms with Gasteiger partial charge in [0.2, 0.25) is 0 Å². The lowest BCUT2D eigenvalue weighted by Gasteiger charge is -2.16. The summed E-state index contributed by atoms with van der Waals surface area (Å²) >= 11 is 1.43. The molecule has 0 spiro atoms. The van der Waals surface area contributed by atoms with E-state index in [2.05, 4.69) is 33.7 Å². The van der Waals surface area contributed by atoms with Crippen molar-refractivity contribution in [3.05, 3.63) is 51.7 Å². The van der Waals surface area contributed by atoms with Gasteiger partial charge in [0.25, 0.3) is 5.91 Å². The lowest BCUT2D eigenvalue weighted by atomic mass is 9.90. The van der Waals surface area contributed by atoms with Gasteiger partial charge in [-0.3, -0.25) is 10.1 Å². The van der Waals surface area contributed by atoms with E-state index in [1.165, 1.54) is 41.7 Å². The maximum atomic E-state index is 12.6. The van der Waals surface area contributed by atoms with Crippen molar-refractivity contribution in [2.24, 2.45) is 0 Å². The van der Waals surface area contributed by atoms with Crippen molar-refractivity contribution in [3.63, 3.8) is 0 Å². The number of carbonyl (C=O) groups is 1. The van der Waals surface area contributed by atoms with Gasteiger partial charge >= 0.3 is 0 Å². The van der Waals surface area contributed by atoms with Gasteiger partial charge in [-0.25, -0.2) is 4.98 Å². The Balaban J connectivity index is 1.55. The van der Waals surface area contributed by atoms with Crippen LogP contribution >= 0.6 is 11.3 Å². The van der Waals surface area contributed by atoms with Crippen LogP contribution in [0.1, 0.15) is 52.7 Å². The number of rotatable bonds is 4. The summed E-state index contributed by atoms with van der Waals surface area (Å²) in [6.45, 7) is 3.70. The molecule has 4 rings (SSSR count). The molecular formula is C20H21N3O2S. The molecule has 1 aliphatic rings. The number of benzene rings is 1. The first-order chi connectivity index (χ1) is 12.7. The summed E-state index contributed by atoms with van der Waals surface area (Å²) in [5.74, 6) is 0.317. The molecule has 0 aliphatic heterocycles. The highest BCUT2D eigenvalue weighted by atomic mass is 32.1. The van der Waals surface area contributed by atoms with Gasteiger partial charge in [-0.05, 0) is 56.2 Å². The molecule has 1 aromatic carbocycles. The standard InChI is InChI=1S/C20H21N3O2S/c1-3-16-18(12(2)25-23-16)19(24)22-20-21-17(11-26-20)15-9-8-13-6-4-5-7-14(13)10-15/h8-11H,3-7H2,1-2H3,(H,21,22,24). The number of nitrogens with one attached hydrogen (secondary N) is 1. The molecule has 2 aromatic heterocycles. The SMILES string of the molecule is CCc1noc(C)c1C(=O)Nc1nc(-c2ccc3c(c2)CCCC3)cs1. The van der Waals surface area contributed by atoms with Crippen LogP contribution in [0.5, 0.6) is 0 Å². The van der Waals surface area contributed by atoms with Crippen molar-refractivity contribution >= 4 is 22.4 Å². The highest BCUT2D eigenvalue weighted by Gasteiger charge is 2.20. The van der Waals surface area contributed by atoms with Crippen molar-refractivity contribution in [2.75, 3.05) is 5.32 Å². The van der Waals surface area contributed by atoms with E-state index < -0.39 is 0 Å². The summed E-state index contributed by atoms with van der Waals surface area (Å²) in [7, 11) is 0. The van der Waals surface area contributed by atoms with Crippen LogP contribution in [0.25, 0.3) is 11.3 Å². The Hall–Kier alpha value is -2.47. The minimum atomic E-state index is -0.216. The van der Waals surface area contributed by atoms with Gasteiger partial charge in [-0.15, -0.1) is 11.3 Å². The van der Waals surface area contributed by atoms with Crippen LogP contribution in [0.4, 0.5) is 5.13 Å². The smallest absolute Gasteiger partial charge is 0.262 e. The van der Waals surface area contributed by atoms with Gasteiger partial charge in [-0.1, -0.05) is 24.2 Å². The first-order valence-electron chi connectivity index (χ1n) is 9.00. The molecule has 3 aromatic rings. The molecule has 2 heterocycles. The van der Waals surface area contributed by atoms with Crippen LogP contribution in [0.15, 0.2) is 28.1 Å². The van der Waals surface area contributed by atoms with E-state index in [-0.39, 0.29) is 5.91 Å². The molecule has 5 nitrogen and oxygen atoms in total. The Bertz CT molecular complexity index is 958. The van der Waals surface area contributed by atoms with Crippen LogP contribution < -0.4 is 5.32 Å². The maximum absolute atomic E-state index is 12.6. The molecule has 1 aliphatic carbocycles. The molecule has 0 radical (unpaired) electrons. The van der Waals surface area contributed by atoms with Crippen molar-refractivity contribution in [2.45, 2.75) is 46.0 Å². The zero-order valence-corrected chi connectivity index (χ0v) is 15.8. The Labute approximate surface area is 156 Å². The molecule has 1 N–H and O–H groups in total. The number of aromatic nitrogens is 2. The van der Waals surface area contributed by atoms with Gasteiger partial charge in [0.05, 0.1) is 11.4 Å². The van der Waals surface area contributed by atoms with Crippen molar-refractivity contribution in [1.82, 2.24) is 10.1 Å². The summed E-state index contributed by atoms with van der Waals surface area (Å²) in [5.41, 5.74) is 6.08. The molecule has 6 heteroatoms. The normalized spacial score (nSPS) is 13.5. The second-order valence-electron chi connectivity index (χ2n) is 6.60. The second kappa shape index (κ2) is 7.03. The van der Waals surface area contributed by atoms with Gasteiger partial charge in [0.15, 0.2) is 5.13 Å². The van der Waals surface area contributed by atoms with Crippen LogP contribution in [0.3, 0.4) is 0 Å². The van der Waals surface area contributed by atoms with Crippen molar-refractivity contribution in [1.29, 1.82) is 0 Å². The molecular weight excluding hydrogens is 346 g/mol. The van der Waals surface area contributed by atoms with E-state index in [4.69, 9.17) is 4.52 Å². The summed E-state index contributed by atoms with van der Waals surface area (Å²) in [6.07, 6.45) is 5.50.